The molecule has 2 heteroatoms. The SMILES string of the molecule is CC=CC(=O)C1CCOCC1. The number of rotatable bonds is 2. The van der Waals surface area contributed by atoms with E-state index in [0.29, 0.717) is 0 Å². The van der Waals surface area contributed by atoms with Gasteiger partial charge in [-0.15, -0.1) is 0 Å². The second-order valence-corrected chi connectivity index (χ2v) is 2.79. The molecule has 1 fully saturated rings. The molecule has 11 heavy (non-hydrogen) atoms. The molecule has 0 aromatic carbocycles. The second kappa shape index (κ2) is 4.29. The number of hydrogen-bond donors (Lipinski definition) is 0. The Labute approximate surface area is 67.2 Å². The average molecular weight is 154 g/mol. The van der Waals surface area contributed by atoms with Crippen LogP contribution < -0.4 is 0 Å². The third-order valence-corrected chi connectivity index (χ3v) is 1.95. The standard InChI is InChI=1S/C9H14O2/c1-2-3-9(10)8-4-6-11-7-5-8/h2-3,8H,4-7H2,1H3. The fourth-order valence-corrected chi connectivity index (χ4v) is 1.28. The first kappa shape index (κ1) is 8.47. The smallest absolute Gasteiger partial charge is 0.158 e. The molecule has 1 aliphatic rings. The third kappa shape index (κ3) is 2.46. The van der Waals surface area contributed by atoms with E-state index in [1.54, 1.807) is 12.2 Å². The normalized spacial score (nSPS) is 20.8. The van der Waals surface area contributed by atoms with Crippen LogP contribution in [0.1, 0.15) is 19.8 Å². The van der Waals surface area contributed by atoms with Gasteiger partial charge < -0.3 is 4.74 Å². The summed E-state index contributed by atoms with van der Waals surface area (Å²) < 4.78 is 5.15. The van der Waals surface area contributed by atoms with Crippen LogP contribution in [-0.4, -0.2) is 19.0 Å². The van der Waals surface area contributed by atoms with Crippen molar-refractivity contribution in [1.82, 2.24) is 0 Å². The Morgan fingerprint density at radius 3 is 2.64 bits per heavy atom. The molecule has 0 N–H and O–H groups in total. The van der Waals surface area contributed by atoms with Crippen molar-refractivity contribution < 1.29 is 9.53 Å². The lowest BCUT2D eigenvalue weighted by Crippen LogP contribution is -2.21. The molecule has 0 aromatic rings. The Morgan fingerprint density at radius 1 is 1.45 bits per heavy atom. The van der Waals surface area contributed by atoms with E-state index in [0.717, 1.165) is 26.1 Å². The van der Waals surface area contributed by atoms with E-state index in [4.69, 9.17) is 4.74 Å². The second-order valence-electron chi connectivity index (χ2n) is 2.79. The summed E-state index contributed by atoms with van der Waals surface area (Å²) >= 11 is 0. The summed E-state index contributed by atoms with van der Waals surface area (Å²) in [5.41, 5.74) is 0. The molecule has 62 valence electrons. The molecule has 0 aliphatic carbocycles. The third-order valence-electron chi connectivity index (χ3n) is 1.95. The highest BCUT2D eigenvalue weighted by atomic mass is 16.5. The molecule has 0 spiro atoms. The van der Waals surface area contributed by atoms with E-state index >= 15 is 0 Å². The lowest BCUT2D eigenvalue weighted by atomic mass is 9.95. The molecule has 0 bridgehead atoms. The first-order valence-corrected chi connectivity index (χ1v) is 4.09. The van der Waals surface area contributed by atoms with Gasteiger partial charge in [0, 0.05) is 19.1 Å². The molecule has 0 radical (unpaired) electrons. The fraction of sp³-hybridized carbons (Fsp3) is 0.667. The van der Waals surface area contributed by atoms with Gasteiger partial charge >= 0.3 is 0 Å². The zero-order chi connectivity index (χ0) is 8.10. The summed E-state index contributed by atoms with van der Waals surface area (Å²) in [7, 11) is 0. The number of ether oxygens (including phenoxy) is 1. The predicted molar refractivity (Wildman–Crippen MR) is 43.4 cm³/mol. The Bertz CT molecular complexity index is 155. The van der Waals surface area contributed by atoms with Crippen molar-refractivity contribution in [3.8, 4) is 0 Å². The molecule has 1 saturated heterocycles. The molecule has 1 heterocycles. The lowest BCUT2D eigenvalue weighted by molar-refractivity contribution is -0.120. The van der Waals surface area contributed by atoms with Gasteiger partial charge in [-0.2, -0.15) is 0 Å². The van der Waals surface area contributed by atoms with Crippen LogP contribution in [0, 0.1) is 5.92 Å². The molecule has 0 amide bonds. The van der Waals surface area contributed by atoms with E-state index in [1.807, 2.05) is 6.92 Å². The van der Waals surface area contributed by atoms with Crippen LogP contribution in [-0.2, 0) is 9.53 Å². The van der Waals surface area contributed by atoms with E-state index in [1.165, 1.54) is 0 Å². The summed E-state index contributed by atoms with van der Waals surface area (Å²) in [6.07, 6.45) is 5.25. The summed E-state index contributed by atoms with van der Waals surface area (Å²) in [5.74, 6) is 0.482. The highest BCUT2D eigenvalue weighted by Gasteiger charge is 2.18. The number of carbonyl (C=O) groups is 1. The maximum absolute atomic E-state index is 11.3. The largest absolute Gasteiger partial charge is 0.381 e. The van der Waals surface area contributed by atoms with Crippen molar-refractivity contribution in [3.63, 3.8) is 0 Å². The zero-order valence-electron chi connectivity index (χ0n) is 6.88. The zero-order valence-corrected chi connectivity index (χ0v) is 6.88. The van der Waals surface area contributed by atoms with Gasteiger partial charge in [0.2, 0.25) is 0 Å². The first-order chi connectivity index (χ1) is 5.34. The maximum atomic E-state index is 11.3. The van der Waals surface area contributed by atoms with Gasteiger partial charge in [-0.25, -0.2) is 0 Å². The highest BCUT2D eigenvalue weighted by molar-refractivity contribution is 5.91. The summed E-state index contributed by atoms with van der Waals surface area (Å²) in [6.45, 7) is 3.36. The Morgan fingerprint density at radius 2 is 2.09 bits per heavy atom. The molecule has 0 aromatic heterocycles. The minimum absolute atomic E-state index is 0.222. The average Bonchev–Trinajstić information content (AvgIpc) is 2.07. The number of ketones is 1. The van der Waals surface area contributed by atoms with Gasteiger partial charge in [0.1, 0.15) is 0 Å². The van der Waals surface area contributed by atoms with Gasteiger partial charge in [0.25, 0.3) is 0 Å². The van der Waals surface area contributed by atoms with Crippen LogP contribution in [0.25, 0.3) is 0 Å². The van der Waals surface area contributed by atoms with Gasteiger partial charge in [-0.05, 0) is 25.8 Å². The van der Waals surface area contributed by atoms with Crippen molar-refractivity contribution in [2.45, 2.75) is 19.8 Å². The van der Waals surface area contributed by atoms with E-state index in [-0.39, 0.29) is 11.7 Å². The minimum atomic E-state index is 0.222. The Kier molecular flexibility index (Phi) is 3.30. The van der Waals surface area contributed by atoms with Crippen LogP contribution in [0.5, 0.6) is 0 Å². The number of hydrogen-bond acceptors (Lipinski definition) is 2. The number of carbonyl (C=O) groups excluding carboxylic acids is 1. The molecule has 1 rings (SSSR count). The van der Waals surface area contributed by atoms with E-state index in [9.17, 15) is 4.79 Å². The molecule has 0 unspecified atom stereocenters. The Hall–Kier alpha value is -0.630. The molecular formula is C9H14O2. The van der Waals surface area contributed by atoms with E-state index < -0.39 is 0 Å². The van der Waals surface area contributed by atoms with Crippen molar-refractivity contribution >= 4 is 5.78 Å². The quantitative estimate of drug-likeness (QED) is 0.564. The van der Waals surface area contributed by atoms with Crippen LogP contribution in [0.3, 0.4) is 0 Å². The molecule has 1 aliphatic heterocycles. The first-order valence-electron chi connectivity index (χ1n) is 4.09. The van der Waals surface area contributed by atoms with Crippen LogP contribution in [0.2, 0.25) is 0 Å². The molecule has 2 nitrogen and oxygen atoms in total. The van der Waals surface area contributed by atoms with Gasteiger partial charge in [0.05, 0.1) is 0 Å². The van der Waals surface area contributed by atoms with Crippen molar-refractivity contribution in [1.29, 1.82) is 0 Å². The monoisotopic (exact) mass is 154 g/mol. The van der Waals surface area contributed by atoms with Crippen molar-refractivity contribution in [2.75, 3.05) is 13.2 Å². The van der Waals surface area contributed by atoms with E-state index in [2.05, 4.69) is 0 Å². The molecular weight excluding hydrogens is 140 g/mol. The summed E-state index contributed by atoms with van der Waals surface area (Å²) in [6, 6.07) is 0. The van der Waals surface area contributed by atoms with Crippen molar-refractivity contribution in [2.24, 2.45) is 5.92 Å². The highest BCUT2D eigenvalue weighted by Crippen LogP contribution is 2.15. The van der Waals surface area contributed by atoms with Crippen LogP contribution in [0.4, 0.5) is 0 Å². The fourth-order valence-electron chi connectivity index (χ4n) is 1.28. The summed E-state index contributed by atoms with van der Waals surface area (Å²) in [5, 5.41) is 0. The van der Waals surface area contributed by atoms with Crippen LogP contribution in [0.15, 0.2) is 12.2 Å². The Balaban J connectivity index is 2.38. The van der Waals surface area contributed by atoms with Gasteiger partial charge in [0.15, 0.2) is 5.78 Å². The van der Waals surface area contributed by atoms with Crippen LogP contribution >= 0.6 is 0 Å². The lowest BCUT2D eigenvalue weighted by Gasteiger charge is -2.19. The number of allylic oxidation sites excluding steroid dienone is 2. The predicted octanol–water partition coefficient (Wildman–Crippen LogP) is 1.56. The van der Waals surface area contributed by atoms with Gasteiger partial charge in [-0.3, -0.25) is 4.79 Å². The maximum Gasteiger partial charge on any atom is 0.158 e. The summed E-state index contributed by atoms with van der Waals surface area (Å²) in [4.78, 5) is 11.3. The van der Waals surface area contributed by atoms with Crippen molar-refractivity contribution in [3.05, 3.63) is 12.2 Å². The topological polar surface area (TPSA) is 26.3 Å². The molecule has 0 saturated carbocycles. The minimum Gasteiger partial charge on any atom is -0.381 e. The van der Waals surface area contributed by atoms with Gasteiger partial charge in [-0.1, -0.05) is 6.08 Å². The molecule has 0 atom stereocenters.